The van der Waals surface area contributed by atoms with E-state index in [1.165, 1.54) is 10.9 Å². The third kappa shape index (κ3) is 4.23. The van der Waals surface area contributed by atoms with Crippen molar-refractivity contribution < 1.29 is 45.9 Å². The highest BCUT2D eigenvalue weighted by atomic mass is 32.3. The smallest absolute Gasteiger partial charge is 0.387 e. The van der Waals surface area contributed by atoms with E-state index in [4.69, 9.17) is 15.0 Å². The first-order valence-corrected chi connectivity index (χ1v) is 9.95. The van der Waals surface area contributed by atoms with E-state index in [0.29, 0.717) is 0 Å². The second kappa shape index (κ2) is 7.01. The molecule has 0 aromatic carbocycles. The van der Waals surface area contributed by atoms with Crippen LogP contribution < -0.4 is 5.73 Å². The number of nitrogens with zero attached hydrogens (tertiary/aromatic N) is 4. The van der Waals surface area contributed by atoms with Gasteiger partial charge in [0.1, 0.15) is 30.2 Å². The SMILES string of the molecule is Nc1ncnc2c1ncn2[C@H]1O[C@@H](COP(=O)(O)OS(=O)(=O)O)[C@@H](O)[C@H]1O. The van der Waals surface area contributed by atoms with Gasteiger partial charge in [-0.3, -0.25) is 13.6 Å². The maximum Gasteiger partial charge on any atom is 0.488 e. The minimum atomic E-state index is -5.26. The molecule has 3 rings (SSSR count). The van der Waals surface area contributed by atoms with Crippen LogP contribution in [0.15, 0.2) is 12.7 Å². The van der Waals surface area contributed by atoms with Gasteiger partial charge < -0.3 is 25.6 Å². The third-order valence-electron chi connectivity index (χ3n) is 3.59. The lowest BCUT2D eigenvalue weighted by molar-refractivity contribution is -0.0501. The van der Waals surface area contributed by atoms with Gasteiger partial charge in [0.15, 0.2) is 17.7 Å². The molecule has 0 spiro atoms. The van der Waals surface area contributed by atoms with Crippen LogP contribution in [0.5, 0.6) is 0 Å². The minimum Gasteiger partial charge on any atom is -0.387 e. The number of phosphoric ester groups is 1. The van der Waals surface area contributed by atoms with Gasteiger partial charge >= 0.3 is 18.2 Å². The molecule has 1 aliphatic heterocycles. The van der Waals surface area contributed by atoms with Crippen LogP contribution in [-0.2, 0) is 28.2 Å². The Kier molecular flexibility index (Phi) is 5.19. The number of imidazole rings is 1. The van der Waals surface area contributed by atoms with Gasteiger partial charge in [-0.25, -0.2) is 19.5 Å². The summed E-state index contributed by atoms with van der Waals surface area (Å²) >= 11 is 0. The van der Waals surface area contributed by atoms with E-state index in [1.807, 2.05) is 0 Å². The van der Waals surface area contributed by atoms with Crippen molar-refractivity contribution in [3.05, 3.63) is 12.7 Å². The number of hydrogen-bond donors (Lipinski definition) is 5. The predicted octanol–water partition coefficient (Wildman–Crippen LogP) is -2.04. The van der Waals surface area contributed by atoms with Crippen LogP contribution in [-0.4, -0.2) is 72.5 Å². The van der Waals surface area contributed by atoms with E-state index in [0.717, 1.165) is 6.33 Å². The zero-order valence-electron chi connectivity index (χ0n) is 13.1. The third-order valence-corrected chi connectivity index (χ3v) is 5.57. The normalized spacial score (nSPS) is 28.4. The largest absolute Gasteiger partial charge is 0.488 e. The minimum absolute atomic E-state index is 0.0789. The van der Waals surface area contributed by atoms with Crippen molar-refractivity contribution in [2.75, 3.05) is 12.3 Å². The predicted molar refractivity (Wildman–Crippen MR) is 84.1 cm³/mol. The number of ether oxygens (including phenoxy) is 1. The van der Waals surface area contributed by atoms with Gasteiger partial charge in [-0.2, -0.15) is 8.42 Å². The summed E-state index contributed by atoms with van der Waals surface area (Å²) in [5.74, 6) is 0.0789. The van der Waals surface area contributed by atoms with E-state index in [-0.39, 0.29) is 17.0 Å². The maximum absolute atomic E-state index is 11.4. The van der Waals surface area contributed by atoms with E-state index in [2.05, 4.69) is 23.4 Å². The number of aliphatic hydroxyl groups is 2. The van der Waals surface area contributed by atoms with Gasteiger partial charge in [0.05, 0.1) is 12.9 Å². The lowest BCUT2D eigenvalue weighted by Gasteiger charge is -2.16. The highest BCUT2D eigenvalue weighted by Gasteiger charge is 2.45. The average Bonchev–Trinajstić information content (AvgIpc) is 3.07. The Morgan fingerprint density at radius 1 is 1.30 bits per heavy atom. The maximum atomic E-state index is 11.4. The summed E-state index contributed by atoms with van der Waals surface area (Å²) < 4.78 is 55.3. The number of hydrogen-bond acceptors (Lipinski definition) is 12. The Labute approximate surface area is 150 Å². The Balaban J connectivity index is 1.76. The van der Waals surface area contributed by atoms with Crippen LogP contribution in [0.4, 0.5) is 5.82 Å². The molecule has 1 unspecified atom stereocenters. The van der Waals surface area contributed by atoms with Crippen molar-refractivity contribution in [2.24, 2.45) is 0 Å². The number of rotatable bonds is 6. The van der Waals surface area contributed by atoms with Crippen LogP contribution >= 0.6 is 7.82 Å². The van der Waals surface area contributed by atoms with E-state index >= 15 is 0 Å². The lowest BCUT2D eigenvalue weighted by Crippen LogP contribution is -2.33. The molecular formula is C10H14N5O10PS. The fourth-order valence-corrected chi connectivity index (χ4v) is 3.92. The van der Waals surface area contributed by atoms with Gasteiger partial charge in [0.25, 0.3) is 0 Å². The summed E-state index contributed by atoms with van der Waals surface area (Å²) in [6.07, 6.45) is -3.29. The molecule has 0 aliphatic carbocycles. The summed E-state index contributed by atoms with van der Waals surface area (Å²) in [6.45, 7) is -0.845. The number of nitrogen functional groups attached to an aromatic ring is 1. The van der Waals surface area contributed by atoms with Gasteiger partial charge in [0.2, 0.25) is 0 Å². The van der Waals surface area contributed by atoms with Crippen LogP contribution in [0, 0.1) is 0 Å². The highest BCUT2D eigenvalue weighted by Crippen LogP contribution is 2.45. The van der Waals surface area contributed by atoms with Crippen LogP contribution in [0.1, 0.15) is 6.23 Å². The molecule has 0 bridgehead atoms. The Morgan fingerprint density at radius 2 is 2.00 bits per heavy atom. The highest BCUT2D eigenvalue weighted by molar-refractivity contribution is 7.85. The van der Waals surface area contributed by atoms with Crippen molar-refractivity contribution in [2.45, 2.75) is 24.5 Å². The number of nitrogens with two attached hydrogens (primary N) is 1. The summed E-state index contributed by atoms with van der Waals surface area (Å²) in [5, 5.41) is 20.2. The zero-order valence-corrected chi connectivity index (χ0v) is 14.8. The monoisotopic (exact) mass is 427 g/mol. The number of aliphatic hydroxyl groups excluding tert-OH is 2. The average molecular weight is 427 g/mol. The summed E-state index contributed by atoms with van der Waals surface area (Å²) in [7, 11) is -10.5. The molecule has 2 aromatic heterocycles. The number of aromatic nitrogens is 4. The first-order chi connectivity index (χ1) is 12.5. The van der Waals surface area contributed by atoms with Gasteiger partial charge in [0, 0.05) is 0 Å². The van der Waals surface area contributed by atoms with Gasteiger partial charge in [-0.1, -0.05) is 0 Å². The molecule has 6 N–H and O–H groups in total. The molecule has 1 saturated heterocycles. The van der Waals surface area contributed by atoms with E-state index in [1.54, 1.807) is 0 Å². The van der Waals surface area contributed by atoms with Crippen molar-refractivity contribution in [1.82, 2.24) is 19.5 Å². The molecule has 17 heteroatoms. The molecule has 5 atom stereocenters. The van der Waals surface area contributed by atoms with Crippen molar-refractivity contribution in [1.29, 1.82) is 0 Å². The van der Waals surface area contributed by atoms with E-state index in [9.17, 15) is 28.1 Å². The lowest BCUT2D eigenvalue weighted by atomic mass is 10.1. The topological polar surface area (TPSA) is 229 Å². The molecular weight excluding hydrogens is 413 g/mol. The molecule has 150 valence electrons. The van der Waals surface area contributed by atoms with Crippen LogP contribution in [0.3, 0.4) is 0 Å². The Bertz CT molecular complexity index is 997. The van der Waals surface area contributed by atoms with Gasteiger partial charge in [-0.15, -0.1) is 3.97 Å². The molecule has 0 amide bonds. The van der Waals surface area contributed by atoms with E-state index < -0.39 is 49.4 Å². The standard InChI is InChI=1S/C10H14N5O10PS/c11-8-5-9(13-2-12-8)15(3-14-5)10-7(17)6(16)4(24-10)1-23-26(18,19)25-27(20,21)22/h2-4,6-7,10,16-17H,1H2,(H,18,19)(H2,11,12,13)(H,20,21,22)/t4-,6+,7+,10-/m0/s1. The van der Waals surface area contributed by atoms with Crippen molar-refractivity contribution in [3.63, 3.8) is 0 Å². The molecule has 2 aromatic rings. The number of anilines is 1. The second-order valence-electron chi connectivity index (χ2n) is 5.40. The van der Waals surface area contributed by atoms with Crippen LogP contribution in [0.2, 0.25) is 0 Å². The fourth-order valence-electron chi connectivity index (χ4n) is 2.46. The molecule has 1 aliphatic rings. The number of fused-ring (bicyclic) bond motifs is 1. The summed E-state index contributed by atoms with van der Waals surface area (Å²) in [5.41, 5.74) is 6.08. The quantitative estimate of drug-likeness (QED) is 0.247. The molecule has 1 fully saturated rings. The summed E-state index contributed by atoms with van der Waals surface area (Å²) in [6, 6.07) is 0. The molecule has 0 saturated carbocycles. The molecule has 27 heavy (non-hydrogen) atoms. The van der Waals surface area contributed by atoms with Gasteiger partial charge in [-0.05, 0) is 0 Å². The zero-order chi connectivity index (χ0) is 20.0. The second-order valence-corrected chi connectivity index (χ2v) is 8.04. The molecule has 15 nitrogen and oxygen atoms in total. The van der Waals surface area contributed by atoms with Crippen molar-refractivity contribution >= 4 is 35.2 Å². The first-order valence-electron chi connectivity index (χ1n) is 7.09. The molecule has 0 radical (unpaired) electrons. The van der Waals surface area contributed by atoms with Crippen LogP contribution in [0.25, 0.3) is 11.2 Å². The summed E-state index contributed by atoms with van der Waals surface area (Å²) in [4.78, 5) is 20.9. The first kappa shape index (κ1) is 20.0. The number of phosphoric acid groups is 1. The fraction of sp³-hybridized carbons (Fsp3) is 0.500. The molecule has 3 heterocycles. The Morgan fingerprint density at radius 3 is 2.67 bits per heavy atom. The Hall–Kier alpha value is -1.75. The van der Waals surface area contributed by atoms with Crippen molar-refractivity contribution in [3.8, 4) is 0 Å².